The van der Waals surface area contributed by atoms with Crippen molar-refractivity contribution in [1.29, 1.82) is 0 Å². The summed E-state index contributed by atoms with van der Waals surface area (Å²) in [6.07, 6.45) is 0.898. The maximum Gasteiger partial charge on any atom is 0.145 e. The second-order valence-electron chi connectivity index (χ2n) is 3.14. The largest absolute Gasteiger partial charge is 0.488 e. The lowest BCUT2D eigenvalue weighted by atomic mass is 10.2. The van der Waals surface area contributed by atoms with Gasteiger partial charge in [-0.2, -0.15) is 0 Å². The molecule has 0 heterocycles. The van der Waals surface area contributed by atoms with Crippen LogP contribution in [0, 0.1) is 5.82 Å². The van der Waals surface area contributed by atoms with Crippen molar-refractivity contribution < 1.29 is 9.13 Å². The average Bonchev–Trinajstić information content (AvgIpc) is 2.14. The van der Waals surface area contributed by atoms with E-state index in [4.69, 9.17) is 10.5 Å². The van der Waals surface area contributed by atoms with Gasteiger partial charge in [0.1, 0.15) is 11.6 Å². The Hall–Kier alpha value is -0.770. The van der Waals surface area contributed by atoms with E-state index in [1.54, 1.807) is 0 Å². The van der Waals surface area contributed by atoms with Crippen LogP contribution >= 0.6 is 15.9 Å². The zero-order chi connectivity index (χ0) is 10.7. The molecule has 1 unspecified atom stereocenters. The lowest BCUT2D eigenvalue weighted by Crippen LogP contribution is -2.11. The van der Waals surface area contributed by atoms with E-state index in [1.807, 2.05) is 13.8 Å². The molecule has 1 aromatic rings. The number of rotatable bonds is 3. The molecule has 0 fully saturated rings. The predicted octanol–water partition coefficient (Wildman–Crippen LogP) is 3.35. The summed E-state index contributed by atoms with van der Waals surface area (Å²) in [5.74, 6) is 0.0394. The van der Waals surface area contributed by atoms with Crippen LogP contribution in [-0.2, 0) is 0 Å². The molecule has 1 rings (SSSR count). The topological polar surface area (TPSA) is 35.2 Å². The highest BCUT2D eigenvalue weighted by atomic mass is 79.9. The highest BCUT2D eigenvalue weighted by molar-refractivity contribution is 9.10. The van der Waals surface area contributed by atoms with Gasteiger partial charge in [0.05, 0.1) is 16.3 Å². The third kappa shape index (κ3) is 2.61. The van der Waals surface area contributed by atoms with Gasteiger partial charge in [-0.15, -0.1) is 0 Å². The Morgan fingerprint density at radius 2 is 2.21 bits per heavy atom. The minimum atomic E-state index is -0.363. The maximum absolute atomic E-state index is 13.1. The normalized spacial score (nSPS) is 12.6. The average molecular weight is 262 g/mol. The number of halogens is 2. The number of anilines is 1. The Kier molecular flexibility index (Phi) is 3.75. The fourth-order valence-corrected chi connectivity index (χ4v) is 1.31. The summed E-state index contributed by atoms with van der Waals surface area (Å²) in [7, 11) is 0. The minimum absolute atomic E-state index is 0.0397. The number of benzene rings is 1. The van der Waals surface area contributed by atoms with Crippen LogP contribution in [0.3, 0.4) is 0 Å². The fourth-order valence-electron chi connectivity index (χ4n) is 0.946. The van der Waals surface area contributed by atoms with Crippen LogP contribution < -0.4 is 10.5 Å². The van der Waals surface area contributed by atoms with Gasteiger partial charge in [-0.05, 0) is 35.3 Å². The molecule has 14 heavy (non-hydrogen) atoms. The Morgan fingerprint density at radius 3 is 2.79 bits per heavy atom. The first kappa shape index (κ1) is 11.3. The highest BCUT2D eigenvalue weighted by Gasteiger charge is 2.09. The molecule has 1 aromatic carbocycles. The molecule has 78 valence electrons. The second kappa shape index (κ2) is 4.64. The summed E-state index contributed by atoms with van der Waals surface area (Å²) in [5.41, 5.74) is 6.11. The van der Waals surface area contributed by atoms with Crippen LogP contribution in [0.15, 0.2) is 16.6 Å². The molecule has 0 saturated heterocycles. The maximum atomic E-state index is 13.1. The summed E-state index contributed by atoms with van der Waals surface area (Å²) in [6.45, 7) is 3.91. The van der Waals surface area contributed by atoms with Crippen molar-refractivity contribution in [3.63, 3.8) is 0 Å². The van der Waals surface area contributed by atoms with Crippen molar-refractivity contribution in [3.8, 4) is 5.75 Å². The van der Waals surface area contributed by atoms with Crippen molar-refractivity contribution in [3.05, 3.63) is 22.4 Å². The van der Waals surface area contributed by atoms with Crippen molar-refractivity contribution in [2.45, 2.75) is 26.4 Å². The Balaban J connectivity index is 2.92. The highest BCUT2D eigenvalue weighted by Crippen LogP contribution is 2.29. The summed E-state index contributed by atoms with van der Waals surface area (Å²) >= 11 is 3.05. The standard InChI is InChI=1S/C10H13BrFNO/c1-3-6(2)14-10-5-8(12)7(11)4-9(10)13/h4-6H,3,13H2,1-2H3. The zero-order valence-electron chi connectivity index (χ0n) is 8.18. The molecular formula is C10H13BrFNO. The van der Waals surface area contributed by atoms with Crippen LogP contribution in [0.1, 0.15) is 20.3 Å². The summed E-state index contributed by atoms with van der Waals surface area (Å²) in [5, 5.41) is 0. The van der Waals surface area contributed by atoms with Gasteiger partial charge in [0, 0.05) is 6.07 Å². The van der Waals surface area contributed by atoms with Gasteiger partial charge < -0.3 is 10.5 Å². The van der Waals surface area contributed by atoms with Gasteiger partial charge in [-0.1, -0.05) is 6.92 Å². The molecule has 0 aliphatic carbocycles. The van der Waals surface area contributed by atoms with Gasteiger partial charge in [-0.25, -0.2) is 4.39 Å². The molecule has 0 aliphatic rings. The van der Waals surface area contributed by atoms with E-state index in [2.05, 4.69) is 15.9 Å². The summed E-state index contributed by atoms with van der Waals surface area (Å²) in [4.78, 5) is 0. The van der Waals surface area contributed by atoms with Gasteiger partial charge in [-0.3, -0.25) is 0 Å². The Morgan fingerprint density at radius 1 is 1.57 bits per heavy atom. The van der Waals surface area contributed by atoms with E-state index < -0.39 is 0 Å². The number of hydrogen-bond acceptors (Lipinski definition) is 2. The van der Waals surface area contributed by atoms with Gasteiger partial charge in [0.2, 0.25) is 0 Å². The van der Waals surface area contributed by atoms with Crippen LogP contribution in [0.2, 0.25) is 0 Å². The molecule has 0 aliphatic heterocycles. The zero-order valence-corrected chi connectivity index (χ0v) is 9.77. The molecule has 0 radical (unpaired) electrons. The molecule has 0 saturated carbocycles. The van der Waals surface area contributed by atoms with Gasteiger partial charge >= 0.3 is 0 Å². The van der Waals surface area contributed by atoms with E-state index in [0.717, 1.165) is 6.42 Å². The number of nitrogens with two attached hydrogens (primary N) is 1. The molecule has 0 bridgehead atoms. The van der Waals surface area contributed by atoms with Crippen LogP contribution in [0.4, 0.5) is 10.1 Å². The van der Waals surface area contributed by atoms with Crippen molar-refractivity contribution >= 4 is 21.6 Å². The van der Waals surface area contributed by atoms with Crippen LogP contribution in [0.25, 0.3) is 0 Å². The van der Waals surface area contributed by atoms with E-state index in [0.29, 0.717) is 15.9 Å². The molecular weight excluding hydrogens is 249 g/mol. The van der Waals surface area contributed by atoms with E-state index in [9.17, 15) is 4.39 Å². The second-order valence-corrected chi connectivity index (χ2v) is 4.00. The molecule has 1 atom stereocenters. The monoisotopic (exact) mass is 261 g/mol. The van der Waals surface area contributed by atoms with Crippen LogP contribution in [0.5, 0.6) is 5.75 Å². The Labute approximate surface area is 91.4 Å². The third-order valence-corrected chi connectivity index (χ3v) is 2.56. The minimum Gasteiger partial charge on any atom is -0.488 e. The summed E-state index contributed by atoms with van der Waals surface area (Å²) in [6, 6.07) is 2.80. The summed E-state index contributed by atoms with van der Waals surface area (Å²) < 4.78 is 18.9. The molecule has 4 heteroatoms. The van der Waals surface area contributed by atoms with E-state index >= 15 is 0 Å². The fraction of sp³-hybridized carbons (Fsp3) is 0.400. The van der Waals surface area contributed by atoms with Crippen molar-refractivity contribution in [2.24, 2.45) is 0 Å². The molecule has 2 N–H and O–H groups in total. The Bertz CT molecular complexity index is 330. The SMILES string of the molecule is CCC(C)Oc1cc(F)c(Br)cc1N. The van der Waals surface area contributed by atoms with Gasteiger partial charge in [0.25, 0.3) is 0 Å². The van der Waals surface area contributed by atoms with Crippen molar-refractivity contribution in [2.75, 3.05) is 5.73 Å². The first-order valence-corrected chi connectivity index (χ1v) is 5.25. The molecule has 2 nitrogen and oxygen atoms in total. The quantitative estimate of drug-likeness (QED) is 0.848. The number of hydrogen-bond donors (Lipinski definition) is 1. The lowest BCUT2D eigenvalue weighted by Gasteiger charge is -2.14. The number of ether oxygens (including phenoxy) is 1. The van der Waals surface area contributed by atoms with Gasteiger partial charge in [0.15, 0.2) is 0 Å². The third-order valence-electron chi connectivity index (χ3n) is 1.96. The molecule has 0 aromatic heterocycles. The van der Waals surface area contributed by atoms with E-state index in [-0.39, 0.29) is 11.9 Å². The van der Waals surface area contributed by atoms with Crippen LogP contribution in [-0.4, -0.2) is 6.10 Å². The molecule has 0 amide bonds. The smallest absolute Gasteiger partial charge is 0.145 e. The van der Waals surface area contributed by atoms with Crippen molar-refractivity contribution in [1.82, 2.24) is 0 Å². The lowest BCUT2D eigenvalue weighted by molar-refractivity contribution is 0.218. The predicted molar refractivity (Wildman–Crippen MR) is 58.9 cm³/mol. The van der Waals surface area contributed by atoms with E-state index in [1.165, 1.54) is 12.1 Å². The number of nitrogen functional groups attached to an aromatic ring is 1. The first-order chi connectivity index (χ1) is 6.54. The first-order valence-electron chi connectivity index (χ1n) is 4.45. The molecule has 0 spiro atoms.